The van der Waals surface area contributed by atoms with Crippen LogP contribution in [0.25, 0.3) is 22.4 Å². The van der Waals surface area contributed by atoms with Gasteiger partial charge in [-0.05, 0) is 25.0 Å². The molecule has 0 aliphatic rings. The molecule has 3 aromatic rings. The Hall–Kier alpha value is -2.56. The SMILES string of the molecule is CCCCn1ccc(=O)c2cnc(-c3ccncc3C)nc21. The fraction of sp³-hybridized carbons (Fsp3) is 0.294. The highest BCUT2D eigenvalue weighted by Gasteiger charge is 2.10. The molecular weight excluding hydrogens is 276 g/mol. The molecule has 0 radical (unpaired) electrons. The van der Waals surface area contributed by atoms with Gasteiger partial charge in [-0.25, -0.2) is 9.97 Å². The van der Waals surface area contributed by atoms with Crippen molar-refractivity contribution >= 4 is 11.0 Å². The smallest absolute Gasteiger partial charge is 0.192 e. The van der Waals surface area contributed by atoms with Gasteiger partial charge in [0.05, 0.1) is 5.39 Å². The van der Waals surface area contributed by atoms with Gasteiger partial charge in [-0.2, -0.15) is 0 Å². The van der Waals surface area contributed by atoms with Crippen LogP contribution in [0.1, 0.15) is 25.3 Å². The Bertz CT molecular complexity index is 870. The molecule has 0 unspecified atom stereocenters. The number of hydrogen-bond acceptors (Lipinski definition) is 4. The fourth-order valence-corrected chi connectivity index (χ4v) is 2.45. The van der Waals surface area contributed by atoms with Crippen LogP contribution in [0.5, 0.6) is 0 Å². The number of nitrogens with zero attached hydrogens (tertiary/aromatic N) is 4. The van der Waals surface area contributed by atoms with E-state index >= 15 is 0 Å². The van der Waals surface area contributed by atoms with Crippen molar-refractivity contribution in [2.45, 2.75) is 33.2 Å². The molecule has 3 rings (SSSR count). The first kappa shape index (κ1) is 14.4. The van der Waals surface area contributed by atoms with E-state index in [2.05, 4.69) is 21.9 Å². The van der Waals surface area contributed by atoms with Crippen molar-refractivity contribution in [2.75, 3.05) is 0 Å². The number of hydrogen-bond donors (Lipinski definition) is 0. The van der Waals surface area contributed by atoms with Crippen LogP contribution in [0.3, 0.4) is 0 Å². The lowest BCUT2D eigenvalue weighted by molar-refractivity contribution is 0.641. The first-order chi connectivity index (χ1) is 10.7. The molecule has 5 nitrogen and oxygen atoms in total. The summed E-state index contributed by atoms with van der Waals surface area (Å²) in [5.74, 6) is 0.628. The molecule has 5 heteroatoms. The largest absolute Gasteiger partial charge is 0.332 e. The van der Waals surface area contributed by atoms with E-state index in [1.807, 2.05) is 23.8 Å². The quantitative estimate of drug-likeness (QED) is 0.742. The monoisotopic (exact) mass is 294 g/mol. The van der Waals surface area contributed by atoms with E-state index in [1.54, 1.807) is 24.7 Å². The molecule has 0 aromatic carbocycles. The Morgan fingerprint density at radius 3 is 2.86 bits per heavy atom. The summed E-state index contributed by atoms with van der Waals surface area (Å²) in [6.07, 6.45) is 9.10. The van der Waals surface area contributed by atoms with Crippen molar-refractivity contribution < 1.29 is 0 Å². The van der Waals surface area contributed by atoms with Gasteiger partial charge in [0.15, 0.2) is 11.3 Å². The molecule has 0 saturated carbocycles. The normalized spacial score (nSPS) is 11.0. The van der Waals surface area contributed by atoms with Crippen LogP contribution < -0.4 is 5.43 Å². The zero-order valence-electron chi connectivity index (χ0n) is 12.8. The van der Waals surface area contributed by atoms with Crippen LogP contribution in [-0.2, 0) is 6.54 Å². The Kier molecular flexibility index (Phi) is 3.96. The number of pyridine rings is 2. The van der Waals surface area contributed by atoms with E-state index in [-0.39, 0.29) is 5.43 Å². The van der Waals surface area contributed by atoms with Crippen molar-refractivity contribution in [2.24, 2.45) is 0 Å². The first-order valence-corrected chi connectivity index (χ1v) is 7.48. The van der Waals surface area contributed by atoms with E-state index in [1.165, 1.54) is 0 Å². The standard InChI is InChI=1S/C17H18N4O/c1-3-4-8-21-9-6-15(22)14-11-19-16(20-17(14)21)13-5-7-18-10-12(13)2/h5-7,9-11H,3-4,8H2,1-2H3. The Labute approximate surface area is 128 Å². The molecule has 0 atom stereocenters. The number of aromatic nitrogens is 4. The predicted molar refractivity (Wildman–Crippen MR) is 86.7 cm³/mol. The van der Waals surface area contributed by atoms with Gasteiger partial charge >= 0.3 is 0 Å². The lowest BCUT2D eigenvalue weighted by Crippen LogP contribution is -2.11. The summed E-state index contributed by atoms with van der Waals surface area (Å²) >= 11 is 0. The Morgan fingerprint density at radius 2 is 2.09 bits per heavy atom. The second kappa shape index (κ2) is 6.05. The molecule has 3 aromatic heterocycles. The number of fused-ring (bicyclic) bond motifs is 1. The van der Waals surface area contributed by atoms with Crippen LogP contribution in [0.2, 0.25) is 0 Å². The van der Waals surface area contributed by atoms with Gasteiger partial charge in [-0.1, -0.05) is 13.3 Å². The minimum atomic E-state index is -0.0410. The Morgan fingerprint density at radius 1 is 1.23 bits per heavy atom. The maximum atomic E-state index is 12.0. The third kappa shape index (κ3) is 2.62. The summed E-state index contributed by atoms with van der Waals surface area (Å²) in [6, 6.07) is 3.48. The molecule has 0 aliphatic carbocycles. The van der Waals surface area contributed by atoms with E-state index in [0.717, 1.165) is 30.5 Å². The van der Waals surface area contributed by atoms with Gasteiger partial charge in [-0.15, -0.1) is 0 Å². The van der Waals surface area contributed by atoms with Crippen molar-refractivity contribution in [3.05, 3.63) is 52.7 Å². The summed E-state index contributed by atoms with van der Waals surface area (Å²) in [4.78, 5) is 25.1. The van der Waals surface area contributed by atoms with Crippen molar-refractivity contribution in [1.82, 2.24) is 19.5 Å². The molecule has 0 saturated heterocycles. The zero-order valence-corrected chi connectivity index (χ0v) is 12.8. The van der Waals surface area contributed by atoms with Gasteiger partial charge < -0.3 is 4.57 Å². The highest BCUT2D eigenvalue weighted by molar-refractivity contribution is 5.76. The van der Waals surface area contributed by atoms with E-state index in [4.69, 9.17) is 0 Å². The van der Waals surface area contributed by atoms with Gasteiger partial charge in [0.2, 0.25) is 0 Å². The number of rotatable bonds is 4. The second-order valence-electron chi connectivity index (χ2n) is 5.35. The van der Waals surface area contributed by atoms with Crippen LogP contribution in [0, 0.1) is 6.92 Å². The fourth-order valence-electron chi connectivity index (χ4n) is 2.45. The molecule has 22 heavy (non-hydrogen) atoms. The van der Waals surface area contributed by atoms with Gasteiger partial charge in [0, 0.05) is 43.0 Å². The summed E-state index contributed by atoms with van der Waals surface area (Å²) < 4.78 is 2.03. The number of unbranched alkanes of at least 4 members (excludes halogenated alkanes) is 1. The van der Waals surface area contributed by atoms with E-state index in [0.29, 0.717) is 16.9 Å². The molecule has 0 amide bonds. The zero-order chi connectivity index (χ0) is 15.5. The lowest BCUT2D eigenvalue weighted by Gasteiger charge is -2.10. The maximum Gasteiger partial charge on any atom is 0.192 e. The van der Waals surface area contributed by atoms with E-state index < -0.39 is 0 Å². The highest BCUT2D eigenvalue weighted by atomic mass is 16.1. The van der Waals surface area contributed by atoms with Crippen LogP contribution >= 0.6 is 0 Å². The molecule has 3 heterocycles. The van der Waals surface area contributed by atoms with Crippen molar-refractivity contribution in [1.29, 1.82) is 0 Å². The topological polar surface area (TPSA) is 60.7 Å². The molecule has 0 N–H and O–H groups in total. The third-order valence-electron chi connectivity index (χ3n) is 3.73. The van der Waals surface area contributed by atoms with Crippen molar-refractivity contribution in [3.63, 3.8) is 0 Å². The van der Waals surface area contributed by atoms with Crippen LogP contribution in [0.15, 0.2) is 41.7 Å². The Balaban J connectivity index is 2.19. The predicted octanol–water partition coefficient (Wildman–Crippen LogP) is 2.96. The summed E-state index contributed by atoms with van der Waals surface area (Å²) in [5.41, 5.74) is 2.61. The molecular formula is C17H18N4O. The average Bonchev–Trinajstić information content (AvgIpc) is 2.54. The summed E-state index contributed by atoms with van der Waals surface area (Å²) in [6.45, 7) is 4.97. The van der Waals surface area contributed by atoms with Crippen molar-refractivity contribution in [3.8, 4) is 11.4 Å². The van der Waals surface area contributed by atoms with E-state index in [9.17, 15) is 4.79 Å². The maximum absolute atomic E-state index is 12.0. The third-order valence-corrected chi connectivity index (χ3v) is 3.73. The molecule has 0 fully saturated rings. The molecule has 0 spiro atoms. The summed E-state index contributed by atoms with van der Waals surface area (Å²) in [7, 11) is 0. The van der Waals surface area contributed by atoms with Gasteiger partial charge in [-0.3, -0.25) is 9.78 Å². The highest BCUT2D eigenvalue weighted by Crippen LogP contribution is 2.20. The summed E-state index contributed by atoms with van der Waals surface area (Å²) in [5, 5.41) is 0.564. The van der Waals surface area contributed by atoms with Gasteiger partial charge in [0.25, 0.3) is 0 Å². The minimum Gasteiger partial charge on any atom is -0.332 e. The van der Waals surface area contributed by atoms with Crippen LogP contribution in [-0.4, -0.2) is 19.5 Å². The molecule has 0 bridgehead atoms. The molecule has 0 aliphatic heterocycles. The molecule has 112 valence electrons. The minimum absolute atomic E-state index is 0.0410. The van der Waals surface area contributed by atoms with Gasteiger partial charge in [0.1, 0.15) is 5.65 Å². The second-order valence-corrected chi connectivity index (χ2v) is 5.35. The van der Waals surface area contributed by atoms with Crippen LogP contribution in [0.4, 0.5) is 0 Å². The number of aryl methyl sites for hydroxylation is 2. The first-order valence-electron chi connectivity index (χ1n) is 7.48. The lowest BCUT2D eigenvalue weighted by atomic mass is 10.1. The average molecular weight is 294 g/mol.